The summed E-state index contributed by atoms with van der Waals surface area (Å²) >= 11 is 0. The van der Waals surface area contributed by atoms with Crippen LogP contribution in [0.5, 0.6) is 5.88 Å². The van der Waals surface area contributed by atoms with Gasteiger partial charge in [-0.2, -0.15) is 0 Å². The monoisotopic (exact) mass is 511 g/mol. The van der Waals surface area contributed by atoms with Crippen LogP contribution < -0.4 is 14.8 Å². The second-order valence-electron chi connectivity index (χ2n) is 7.85. The molecule has 11 heteroatoms. The zero-order valence-electron chi connectivity index (χ0n) is 19.6. The van der Waals surface area contributed by atoms with Gasteiger partial charge in [-0.1, -0.05) is 30.3 Å². The lowest BCUT2D eigenvalue weighted by molar-refractivity contribution is 0.0715. The van der Waals surface area contributed by atoms with E-state index in [1.54, 1.807) is 13.8 Å². The van der Waals surface area contributed by atoms with Crippen LogP contribution in [-0.2, 0) is 21.2 Å². The van der Waals surface area contributed by atoms with Gasteiger partial charge in [0.25, 0.3) is 21.8 Å². The molecule has 0 saturated heterocycles. The second-order valence-corrected chi connectivity index (χ2v) is 9.54. The van der Waals surface area contributed by atoms with Gasteiger partial charge in [0.1, 0.15) is 0 Å². The highest BCUT2D eigenvalue weighted by atomic mass is 32.2. The molecule has 3 aromatic rings. The van der Waals surface area contributed by atoms with Crippen LogP contribution in [0.15, 0.2) is 77.8 Å². The quantitative estimate of drug-likeness (QED) is 0.418. The molecule has 0 aliphatic carbocycles. The summed E-state index contributed by atoms with van der Waals surface area (Å²) in [5.74, 6) is -1.39. The van der Waals surface area contributed by atoms with E-state index in [2.05, 4.69) is 10.3 Å². The average molecular weight is 512 g/mol. The van der Waals surface area contributed by atoms with Crippen LogP contribution in [0.2, 0.25) is 0 Å². The van der Waals surface area contributed by atoms with E-state index in [9.17, 15) is 22.8 Å². The largest absolute Gasteiger partial charge is 0.515 e. The van der Waals surface area contributed by atoms with E-state index in [1.165, 1.54) is 36.4 Å². The molecule has 0 bridgehead atoms. The molecule has 2 N–H and O–H groups in total. The SMILES string of the molecule is CC(C)OC(=O)Oc1ccc(C(=O)NS(=O)(=O)c2ccc(C(=O)NCCc3ccccc3)cc2)cn1. The lowest BCUT2D eigenvalue weighted by Gasteiger charge is -2.09. The summed E-state index contributed by atoms with van der Waals surface area (Å²) in [5.41, 5.74) is 1.29. The molecule has 188 valence electrons. The van der Waals surface area contributed by atoms with Crippen molar-refractivity contribution in [2.24, 2.45) is 0 Å². The summed E-state index contributed by atoms with van der Waals surface area (Å²) in [4.78, 5) is 39.8. The third kappa shape index (κ3) is 7.64. The molecule has 0 radical (unpaired) electrons. The molecule has 2 aromatic carbocycles. The first-order valence-electron chi connectivity index (χ1n) is 11.0. The van der Waals surface area contributed by atoms with E-state index in [1.807, 2.05) is 35.1 Å². The Hall–Kier alpha value is -4.25. The van der Waals surface area contributed by atoms with Crippen molar-refractivity contribution < 1.29 is 32.3 Å². The van der Waals surface area contributed by atoms with Crippen molar-refractivity contribution in [2.45, 2.75) is 31.3 Å². The molecule has 0 atom stereocenters. The smallest absolute Gasteiger partial charge is 0.431 e. The summed E-state index contributed by atoms with van der Waals surface area (Å²) < 4.78 is 36.8. The van der Waals surface area contributed by atoms with Crippen LogP contribution in [0.25, 0.3) is 0 Å². The number of nitrogens with zero attached hydrogens (tertiary/aromatic N) is 1. The molecule has 0 aliphatic heterocycles. The van der Waals surface area contributed by atoms with Gasteiger partial charge in [-0.15, -0.1) is 0 Å². The van der Waals surface area contributed by atoms with Crippen molar-refractivity contribution in [3.05, 3.63) is 89.6 Å². The molecule has 10 nitrogen and oxygen atoms in total. The maximum absolute atomic E-state index is 12.6. The Morgan fingerprint density at radius 1 is 0.889 bits per heavy atom. The van der Waals surface area contributed by atoms with Crippen molar-refractivity contribution in [2.75, 3.05) is 6.54 Å². The van der Waals surface area contributed by atoms with Gasteiger partial charge in [0.2, 0.25) is 5.88 Å². The molecule has 0 unspecified atom stereocenters. The molecule has 36 heavy (non-hydrogen) atoms. The summed E-state index contributed by atoms with van der Waals surface area (Å²) in [6.45, 7) is 3.73. The van der Waals surface area contributed by atoms with Crippen molar-refractivity contribution in [1.29, 1.82) is 0 Å². The highest BCUT2D eigenvalue weighted by molar-refractivity contribution is 7.90. The first kappa shape index (κ1) is 26.4. The normalized spacial score (nSPS) is 11.0. The minimum atomic E-state index is -4.21. The van der Waals surface area contributed by atoms with Crippen LogP contribution in [-0.4, -0.2) is 44.0 Å². The number of sulfonamides is 1. The fourth-order valence-corrected chi connectivity index (χ4v) is 3.94. The van der Waals surface area contributed by atoms with Gasteiger partial charge in [0, 0.05) is 24.4 Å². The first-order valence-corrected chi connectivity index (χ1v) is 12.5. The summed E-state index contributed by atoms with van der Waals surface area (Å²) in [6, 6.07) is 17.3. The minimum absolute atomic E-state index is 0.0717. The van der Waals surface area contributed by atoms with Crippen LogP contribution in [0.4, 0.5) is 4.79 Å². The predicted molar refractivity (Wildman–Crippen MR) is 130 cm³/mol. The number of rotatable bonds is 9. The van der Waals surface area contributed by atoms with Gasteiger partial charge in [0.05, 0.1) is 16.6 Å². The highest BCUT2D eigenvalue weighted by Gasteiger charge is 2.20. The van der Waals surface area contributed by atoms with Crippen molar-refractivity contribution in [3.8, 4) is 5.88 Å². The Balaban J connectivity index is 1.56. The number of carbonyl (C=O) groups excluding carboxylic acids is 3. The van der Waals surface area contributed by atoms with Crippen LogP contribution in [0, 0.1) is 0 Å². The number of pyridine rings is 1. The number of benzene rings is 2. The molecule has 0 saturated carbocycles. The van der Waals surface area contributed by atoms with Crippen LogP contribution >= 0.6 is 0 Å². The fraction of sp³-hybridized carbons (Fsp3) is 0.200. The van der Waals surface area contributed by atoms with Gasteiger partial charge in [-0.05, 0) is 56.2 Å². The van der Waals surface area contributed by atoms with E-state index in [4.69, 9.17) is 9.47 Å². The number of aromatic nitrogens is 1. The standard InChI is InChI=1S/C25H25N3O7S/c1-17(2)34-25(31)35-22-13-10-20(16-27-22)24(30)28-36(32,33)21-11-8-19(9-12-21)23(29)26-15-14-18-6-4-3-5-7-18/h3-13,16-17H,14-15H2,1-2H3,(H,26,29)(H,28,30). The molecule has 1 heterocycles. The Morgan fingerprint density at radius 3 is 2.17 bits per heavy atom. The maximum atomic E-state index is 12.6. The van der Waals surface area contributed by atoms with Crippen LogP contribution in [0.3, 0.4) is 0 Å². The number of hydrogen-bond acceptors (Lipinski definition) is 8. The Labute approximate surface area is 208 Å². The number of carbonyl (C=O) groups is 3. The Bertz CT molecular complexity index is 1310. The molecular formula is C25H25N3O7S. The van der Waals surface area contributed by atoms with Crippen molar-refractivity contribution in [1.82, 2.24) is 15.0 Å². The zero-order chi connectivity index (χ0) is 26.1. The average Bonchev–Trinajstić information content (AvgIpc) is 2.84. The van der Waals surface area contributed by atoms with Crippen molar-refractivity contribution >= 4 is 28.0 Å². The number of ether oxygens (including phenoxy) is 2. The first-order chi connectivity index (χ1) is 17.1. The molecule has 2 amide bonds. The Kier molecular flexibility index (Phi) is 8.74. The lowest BCUT2D eigenvalue weighted by atomic mass is 10.1. The summed E-state index contributed by atoms with van der Waals surface area (Å²) in [6.07, 6.45) is 0.391. The van der Waals surface area contributed by atoms with Gasteiger partial charge in [-0.25, -0.2) is 22.9 Å². The second kappa shape index (κ2) is 11.9. The van der Waals surface area contributed by atoms with E-state index >= 15 is 0 Å². The topological polar surface area (TPSA) is 141 Å². The fourth-order valence-electron chi connectivity index (χ4n) is 2.97. The van der Waals surface area contributed by atoms with Gasteiger partial charge in [0.15, 0.2) is 0 Å². The molecule has 3 rings (SSSR count). The van der Waals surface area contributed by atoms with Crippen molar-refractivity contribution in [3.63, 3.8) is 0 Å². The molecule has 1 aromatic heterocycles. The van der Waals surface area contributed by atoms with E-state index in [0.717, 1.165) is 11.8 Å². The predicted octanol–water partition coefficient (Wildman–Crippen LogP) is 3.10. The minimum Gasteiger partial charge on any atom is -0.431 e. The summed E-state index contributed by atoms with van der Waals surface area (Å²) in [7, 11) is -4.21. The number of nitrogens with one attached hydrogen (secondary N) is 2. The molecule has 0 fully saturated rings. The summed E-state index contributed by atoms with van der Waals surface area (Å²) in [5, 5.41) is 2.78. The van der Waals surface area contributed by atoms with E-state index in [-0.39, 0.29) is 33.9 Å². The number of amides is 2. The third-order valence-electron chi connectivity index (χ3n) is 4.71. The third-order valence-corrected chi connectivity index (χ3v) is 6.06. The molecule has 0 spiro atoms. The molecular weight excluding hydrogens is 486 g/mol. The van der Waals surface area contributed by atoms with Gasteiger partial charge < -0.3 is 14.8 Å². The van der Waals surface area contributed by atoms with Gasteiger partial charge in [-0.3, -0.25) is 9.59 Å². The number of hydrogen-bond donors (Lipinski definition) is 2. The lowest BCUT2D eigenvalue weighted by Crippen LogP contribution is -2.31. The molecule has 0 aliphatic rings. The highest BCUT2D eigenvalue weighted by Crippen LogP contribution is 2.13. The zero-order valence-corrected chi connectivity index (χ0v) is 20.4. The van der Waals surface area contributed by atoms with E-state index in [0.29, 0.717) is 13.0 Å². The van der Waals surface area contributed by atoms with E-state index < -0.39 is 22.1 Å². The Morgan fingerprint density at radius 2 is 1.56 bits per heavy atom. The maximum Gasteiger partial charge on any atom is 0.515 e. The van der Waals surface area contributed by atoms with Gasteiger partial charge >= 0.3 is 6.16 Å². The van der Waals surface area contributed by atoms with Crippen LogP contribution in [0.1, 0.15) is 40.1 Å².